The SMILES string of the molecule is Cc1cc(C)c(S(=O)(=O)N[C@@H](Cc2ccccc2)C(=O)Nc2cccc(C)c2C)c(C)c1. The summed E-state index contributed by atoms with van der Waals surface area (Å²) in [6.07, 6.45) is 0.237. The number of nitrogens with one attached hydrogen (secondary N) is 2. The summed E-state index contributed by atoms with van der Waals surface area (Å²) < 4.78 is 29.4. The van der Waals surface area contributed by atoms with Crippen LogP contribution in [0.2, 0.25) is 0 Å². The maximum atomic E-state index is 13.4. The van der Waals surface area contributed by atoms with Gasteiger partial charge in [0.1, 0.15) is 6.04 Å². The number of rotatable bonds is 7. The number of benzene rings is 3. The molecule has 32 heavy (non-hydrogen) atoms. The van der Waals surface area contributed by atoms with Crippen LogP contribution in [0, 0.1) is 34.6 Å². The van der Waals surface area contributed by atoms with Crippen LogP contribution in [-0.2, 0) is 21.2 Å². The predicted octanol–water partition coefficient (Wildman–Crippen LogP) is 4.76. The summed E-state index contributed by atoms with van der Waals surface area (Å²) in [6, 6.07) is 17.8. The fourth-order valence-corrected chi connectivity index (χ4v) is 5.63. The van der Waals surface area contributed by atoms with Gasteiger partial charge in [-0.2, -0.15) is 4.72 Å². The Morgan fingerprint density at radius 3 is 2.09 bits per heavy atom. The Bertz CT molecular complexity index is 1210. The molecule has 0 saturated heterocycles. The molecule has 0 aliphatic heterocycles. The zero-order chi connectivity index (χ0) is 23.5. The number of anilines is 1. The molecule has 168 valence electrons. The summed E-state index contributed by atoms with van der Waals surface area (Å²) in [4.78, 5) is 13.5. The fraction of sp³-hybridized carbons (Fsp3) is 0.269. The van der Waals surface area contributed by atoms with Crippen LogP contribution < -0.4 is 10.0 Å². The van der Waals surface area contributed by atoms with Crippen LogP contribution in [0.4, 0.5) is 5.69 Å². The summed E-state index contributed by atoms with van der Waals surface area (Å²) in [6.45, 7) is 9.38. The first-order valence-electron chi connectivity index (χ1n) is 10.6. The standard InChI is InChI=1S/C26H30N2O3S/c1-17-14-19(3)25(20(4)15-17)32(30,31)28-24(16-22-11-7-6-8-12-22)26(29)27-23-13-9-10-18(2)21(23)5/h6-15,24,28H,16H2,1-5H3,(H,27,29)/t24-/m0/s1. The van der Waals surface area contributed by atoms with Crippen molar-refractivity contribution in [2.45, 2.75) is 52.0 Å². The van der Waals surface area contributed by atoms with E-state index in [9.17, 15) is 13.2 Å². The van der Waals surface area contributed by atoms with E-state index in [1.807, 2.05) is 81.4 Å². The van der Waals surface area contributed by atoms with Crippen LogP contribution >= 0.6 is 0 Å². The zero-order valence-corrected chi connectivity index (χ0v) is 20.0. The molecule has 6 heteroatoms. The second-order valence-corrected chi connectivity index (χ2v) is 9.98. The second kappa shape index (κ2) is 9.67. The molecule has 0 aliphatic carbocycles. The highest BCUT2D eigenvalue weighted by Gasteiger charge is 2.28. The van der Waals surface area contributed by atoms with Gasteiger partial charge in [0.25, 0.3) is 0 Å². The van der Waals surface area contributed by atoms with E-state index in [0.717, 1.165) is 22.3 Å². The van der Waals surface area contributed by atoms with E-state index in [-0.39, 0.29) is 11.3 Å². The van der Waals surface area contributed by atoms with Gasteiger partial charge in [0.05, 0.1) is 4.90 Å². The number of carbonyl (C=O) groups is 1. The topological polar surface area (TPSA) is 75.3 Å². The Morgan fingerprint density at radius 2 is 1.47 bits per heavy atom. The van der Waals surface area contributed by atoms with Crippen molar-refractivity contribution in [3.05, 3.63) is 94.0 Å². The third kappa shape index (κ3) is 5.44. The highest BCUT2D eigenvalue weighted by molar-refractivity contribution is 7.89. The van der Waals surface area contributed by atoms with Gasteiger partial charge >= 0.3 is 0 Å². The molecule has 0 heterocycles. The quantitative estimate of drug-likeness (QED) is 0.545. The van der Waals surface area contributed by atoms with Crippen molar-refractivity contribution in [1.82, 2.24) is 4.72 Å². The molecule has 3 rings (SSSR count). The number of aryl methyl sites for hydroxylation is 4. The maximum absolute atomic E-state index is 13.4. The van der Waals surface area contributed by atoms with Gasteiger partial charge in [-0.15, -0.1) is 0 Å². The third-order valence-electron chi connectivity index (χ3n) is 5.63. The van der Waals surface area contributed by atoms with Gasteiger partial charge in [-0.3, -0.25) is 4.79 Å². The largest absolute Gasteiger partial charge is 0.324 e. The molecule has 0 fully saturated rings. The van der Waals surface area contributed by atoms with Gasteiger partial charge in [-0.05, 0) is 74.9 Å². The summed E-state index contributed by atoms with van der Waals surface area (Å²) in [5.74, 6) is -0.395. The molecular weight excluding hydrogens is 420 g/mol. The van der Waals surface area contributed by atoms with E-state index in [0.29, 0.717) is 16.8 Å². The Morgan fingerprint density at radius 1 is 0.844 bits per heavy atom. The van der Waals surface area contributed by atoms with Gasteiger partial charge in [-0.1, -0.05) is 60.2 Å². The van der Waals surface area contributed by atoms with Crippen molar-refractivity contribution < 1.29 is 13.2 Å². The lowest BCUT2D eigenvalue weighted by Crippen LogP contribution is -2.45. The summed E-state index contributed by atoms with van der Waals surface area (Å²) >= 11 is 0. The van der Waals surface area contributed by atoms with Crippen molar-refractivity contribution in [3.63, 3.8) is 0 Å². The van der Waals surface area contributed by atoms with E-state index >= 15 is 0 Å². The molecule has 0 radical (unpaired) electrons. The van der Waals surface area contributed by atoms with E-state index in [4.69, 9.17) is 0 Å². The normalized spacial score (nSPS) is 12.4. The molecule has 0 aromatic heterocycles. The smallest absolute Gasteiger partial charge is 0.242 e. The lowest BCUT2D eigenvalue weighted by Gasteiger charge is -2.21. The summed E-state index contributed by atoms with van der Waals surface area (Å²) in [5, 5.41) is 2.92. The minimum Gasteiger partial charge on any atom is -0.324 e. The van der Waals surface area contributed by atoms with Crippen LogP contribution in [0.1, 0.15) is 33.4 Å². The molecule has 0 unspecified atom stereocenters. The van der Waals surface area contributed by atoms with Crippen molar-refractivity contribution in [2.75, 3.05) is 5.32 Å². The number of hydrogen-bond donors (Lipinski definition) is 2. The molecule has 0 spiro atoms. The fourth-order valence-electron chi connectivity index (χ4n) is 3.98. The number of carbonyl (C=O) groups excluding carboxylic acids is 1. The van der Waals surface area contributed by atoms with Crippen molar-refractivity contribution in [1.29, 1.82) is 0 Å². The lowest BCUT2D eigenvalue weighted by molar-refractivity contribution is -0.117. The molecule has 1 atom stereocenters. The van der Waals surface area contributed by atoms with Crippen molar-refractivity contribution >= 4 is 21.6 Å². The lowest BCUT2D eigenvalue weighted by atomic mass is 10.0. The third-order valence-corrected chi connectivity index (χ3v) is 7.41. The Labute approximate surface area is 190 Å². The average Bonchev–Trinajstić information content (AvgIpc) is 2.70. The predicted molar refractivity (Wildman–Crippen MR) is 129 cm³/mol. The average molecular weight is 451 g/mol. The Hall–Kier alpha value is -2.96. The number of amides is 1. The summed E-state index contributed by atoms with van der Waals surface area (Å²) in [5.41, 5.74) is 5.85. The van der Waals surface area contributed by atoms with Gasteiger partial charge in [0.2, 0.25) is 15.9 Å². The molecular formula is C26H30N2O3S. The van der Waals surface area contributed by atoms with E-state index in [1.165, 1.54) is 0 Å². The monoisotopic (exact) mass is 450 g/mol. The minimum atomic E-state index is -3.92. The van der Waals surface area contributed by atoms with E-state index in [2.05, 4.69) is 10.0 Å². The van der Waals surface area contributed by atoms with Gasteiger partial charge < -0.3 is 5.32 Å². The molecule has 3 aromatic rings. The van der Waals surface area contributed by atoms with Gasteiger partial charge in [0.15, 0.2) is 0 Å². The van der Waals surface area contributed by atoms with E-state index < -0.39 is 22.0 Å². The summed E-state index contributed by atoms with van der Waals surface area (Å²) in [7, 11) is -3.92. The zero-order valence-electron chi connectivity index (χ0n) is 19.2. The number of hydrogen-bond acceptors (Lipinski definition) is 3. The second-order valence-electron chi connectivity index (χ2n) is 8.33. The van der Waals surface area contributed by atoms with Crippen LogP contribution in [0.25, 0.3) is 0 Å². The Kier molecular flexibility index (Phi) is 7.16. The molecule has 1 amide bonds. The van der Waals surface area contributed by atoms with Gasteiger partial charge in [0, 0.05) is 5.69 Å². The van der Waals surface area contributed by atoms with Crippen LogP contribution in [0.15, 0.2) is 65.6 Å². The van der Waals surface area contributed by atoms with Crippen LogP contribution in [-0.4, -0.2) is 20.4 Å². The minimum absolute atomic E-state index is 0.223. The first-order chi connectivity index (χ1) is 15.1. The first kappa shape index (κ1) is 23.7. The van der Waals surface area contributed by atoms with E-state index in [1.54, 1.807) is 13.8 Å². The molecule has 0 saturated carbocycles. The first-order valence-corrected chi connectivity index (χ1v) is 12.1. The molecule has 0 aliphatic rings. The Balaban J connectivity index is 1.96. The number of sulfonamides is 1. The molecule has 0 bridgehead atoms. The van der Waals surface area contributed by atoms with Crippen LogP contribution in [0.5, 0.6) is 0 Å². The molecule has 2 N–H and O–H groups in total. The molecule has 3 aromatic carbocycles. The van der Waals surface area contributed by atoms with Crippen molar-refractivity contribution in [2.24, 2.45) is 0 Å². The van der Waals surface area contributed by atoms with Crippen LogP contribution in [0.3, 0.4) is 0 Å². The highest BCUT2D eigenvalue weighted by Crippen LogP contribution is 2.23. The molecule has 5 nitrogen and oxygen atoms in total. The maximum Gasteiger partial charge on any atom is 0.242 e. The van der Waals surface area contributed by atoms with Crippen molar-refractivity contribution in [3.8, 4) is 0 Å². The highest BCUT2D eigenvalue weighted by atomic mass is 32.2. The van der Waals surface area contributed by atoms with Gasteiger partial charge in [-0.25, -0.2) is 8.42 Å².